The maximum Gasteiger partial charge on any atom is 0.232 e. The molecular formula is C16H12N2O2. The molecule has 0 aliphatic rings. The normalized spacial score (nSPS) is 9.55. The van der Waals surface area contributed by atoms with Gasteiger partial charge < -0.3 is 5.32 Å². The van der Waals surface area contributed by atoms with E-state index in [2.05, 4.69) is 5.32 Å². The fraction of sp³-hybridized carbons (Fsp3) is 0.0625. The minimum atomic E-state index is -0.372. The number of carbonyl (C=O) groups is 2. The average Bonchev–Trinajstić information content (AvgIpc) is 2.49. The van der Waals surface area contributed by atoms with Gasteiger partial charge in [-0.25, -0.2) is 0 Å². The van der Waals surface area contributed by atoms with Crippen LogP contribution in [-0.2, 0) is 4.79 Å². The van der Waals surface area contributed by atoms with E-state index in [-0.39, 0.29) is 18.1 Å². The fourth-order valence-electron chi connectivity index (χ4n) is 1.71. The number of nitrogens with zero attached hydrogens (tertiary/aromatic N) is 1. The summed E-state index contributed by atoms with van der Waals surface area (Å²) < 4.78 is 0. The minimum Gasteiger partial charge on any atom is -0.326 e. The van der Waals surface area contributed by atoms with Crippen molar-refractivity contribution in [2.45, 2.75) is 6.42 Å². The van der Waals surface area contributed by atoms with Crippen LogP contribution in [0.1, 0.15) is 22.3 Å². The van der Waals surface area contributed by atoms with Crippen molar-refractivity contribution in [1.29, 1.82) is 5.26 Å². The zero-order chi connectivity index (χ0) is 14.4. The molecule has 98 valence electrons. The van der Waals surface area contributed by atoms with Gasteiger partial charge in [-0.05, 0) is 24.3 Å². The summed E-state index contributed by atoms with van der Waals surface area (Å²) in [6.07, 6.45) is -0.204. The Morgan fingerprint density at radius 2 is 1.65 bits per heavy atom. The summed E-state index contributed by atoms with van der Waals surface area (Å²) in [6.45, 7) is 0. The SMILES string of the molecule is N#Cc1ccc(NC(=O)CC(=O)c2ccccc2)cc1. The third kappa shape index (κ3) is 3.53. The van der Waals surface area contributed by atoms with E-state index in [1.54, 1.807) is 48.5 Å². The summed E-state index contributed by atoms with van der Waals surface area (Å²) in [7, 11) is 0. The molecule has 0 fully saturated rings. The lowest BCUT2D eigenvalue weighted by atomic mass is 10.1. The van der Waals surface area contributed by atoms with Crippen molar-refractivity contribution in [3.63, 3.8) is 0 Å². The predicted molar refractivity (Wildman–Crippen MR) is 75.2 cm³/mol. The Bertz CT molecular complexity index is 655. The van der Waals surface area contributed by atoms with Crippen LogP contribution in [0, 0.1) is 11.3 Å². The molecule has 0 aromatic heterocycles. The number of ketones is 1. The van der Waals surface area contributed by atoms with Crippen molar-refractivity contribution in [2.75, 3.05) is 5.32 Å². The molecule has 0 radical (unpaired) electrons. The van der Waals surface area contributed by atoms with Gasteiger partial charge in [0, 0.05) is 11.3 Å². The molecule has 4 heteroatoms. The summed E-state index contributed by atoms with van der Waals surface area (Å²) in [4.78, 5) is 23.6. The Hall–Kier alpha value is -2.93. The summed E-state index contributed by atoms with van der Waals surface area (Å²) >= 11 is 0. The molecule has 4 nitrogen and oxygen atoms in total. The van der Waals surface area contributed by atoms with E-state index < -0.39 is 0 Å². The maximum atomic E-state index is 11.8. The first-order chi connectivity index (χ1) is 9.69. The molecule has 1 amide bonds. The highest BCUT2D eigenvalue weighted by Gasteiger charge is 2.11. The second-order valence-corrected chi connectivity index (χ2v) is 4.20. The van der Waals surface area contributed by atoms with Crippen molar-refractivity contribution in [1.82, 2.24) is 0 Å². The van der Waals surface area contributed by atoms with Crippen LogP contribution in [0.25, 0.3) is 0 Å². The van der Waals surface area contributed by atoms with E-state index in [0.717, 1.165) is 0 Å². The van der Waals surface area contributed by atoms with Gasteiger partial charge in [-0.15, -0.1) is 0 Å². The molecular weight excluding hydrogens is 252 g/mol. The van der Waals surface area contributed by atoms with Gasteiger partial charge in [0.2, 0.25) is 5.91 Å². The first kappa shape index (κ1) is 13.5. The quantitative estimate of drug-likeness (QED) is 0.681. The minimum absolute atomic E-state index is 0.204. The van der Waals surface area contributed by atoms with E-state index in [0.29, 0.717) is 16.8 Å². The fourth-order valence-corrected chi connectivity index (χ4v) is 1.71. The molecule has 0 aliphatic heterocycles. The maximum absolute atomic E-state index is 11.8. The molecule has 20 heavy (non-hydrogen) atoms. The van der Waals surface area contributed by atoms with Crippen molar-refractivity contribution in [3.8, 4) is 6.07 Å². The largest absolute Gasteiger partial charge is 0.326 e. The summed E-state index contributed by atoms with van der Waals surface area (Å²) in [6, 6.07) is 17.1. The third-order valence-corrected chi connectivity index (χ3v) is 2.71. The second kappa shape index (κ2) is 6.30. The van der Waals surface area contributed by atoms with E-state index in [9.17, 15) is 9.59 Å². The average molecular weight is 264 g/mol. The summed E-state index contributed by atoms with van der Waals surface area (Å²) in [5.41, 5.74) is 1.60. The lowest BCUT2D eigenvalue weighted by Crippen LogP contribution is -2.16. The van der Waals surface area contributed by atoms with Gasteiger partial charge in [0.15, 0.2) is 5.78 Å². The second-order valence-electron chi connectivity index (χ2n) is 4.20. The van der Waals surface area contributed by atoms with E-state index in [1.807, 2.05) is 12.1 Å². The number of rotatable bonds is 4. The van der Waals surface area contributed by atoms with Crippen molar-refractivity contribution >= 4 is 17.4 Å². The van der Waals surface area contributed by atoms with Gasteiger partial charge in [-0.2, -0.15) is 5.26 Å². The van der Waals surface area contributed by atoms with Crippen molar-refractivity contribution in [2.24, 2.45) is 0 Å². The smallest absolute Gasteiger partial charge is 0.232 e. The molecule has 0 saturated heterocycles. The lowest BCUT2D eigenvalue weighted by Gasteiger charge is -2.04. The molecule has 2 aromatic rings. The number of nitrogens with one attached hydrogen (secondary N) is 1. The Morgan fingerprint density at radius 3 is 2.25 bits per heavy atom. The topological polar surface area (TPSA) is 70.0 Å². The van der Waals surface area contributed by atoms with Crippen LogP contribution in [0.15, 0.2) is 54.6 Å². The van der Waals surface area contributed by atoms with E-state index in [1.165, 1.54) is 0 Å². The van der Waals surface area contributed by atoms with Gasteiger partial charge in [0.05, 0.1) is 18.1 Å². The Balaban J connectivity index is 1.95. The third-order valence-electron chi connectivity index (χ3n) is 2.71. The number of Topliss-reactive ketones (excluding diaryl/α,β-unsaturated/α-hetero) is 1. The monoisotopic (exact) mass is 264 g/mol. The number of amides is 1. The number of nitriles is 1. The molecule has 1 N–H and O–H groups in total. The van der Waals surface area contributed by atoms with Crippen molar-refractivity contribution < 1.29 is 9.59 Å². The van der Waals surface area contributed by atoms with E-state index in [4.69, 9.17) is 5.26 Å². The first-order valence-electron chi connectivity index (χ1n) is 6.07. The molecule has 0 spiro atoms. The molecule has 2 rings (SSSR count). The highest BCUT2D eigenvalue weighted by Crippen LogP contribution is 2.10. The first-order valence-corrected chi connectivity index (χ1v) is 6.07. The Kier molecular flexibility index (Phi) is 4.25. The van der Waals surface area contributed by atoms with Crippen LogP contribution in [0.2, 0.25) is 0 Å². The van der Waals surface area contributed by atoms with Gasteiger partial charge in [0.25, 0.3) is 0 Å². The van der Waals surface area contributed by atoms with Gasteiger partial charge in [0.1, 0.15) is 0 Å². The van der Waals surface area contributed by atoms with Crippen LogP contribution < -0.4 is 5.32 Å². The molecule has 2 aromatic carbocycles. The molecule has 0 unspecified atom stereocenters. The van der Waals surface area contributed by atoms with Crippen LogP contribution in [0.5, 0.6) is 0 Å². The zero-order valence-corrected chi connectivity index (χ0v) is 10.7. The molecule has 0 bridgehead atoms. The standard InChI is InChI=1S/C16H12N2O2/c17-11-12-6-8-14(9-7-12)18-16(20)10-15(19)13-4-2-1-3-5-13/h1-9H,10H2,(H,18,20). The zero-order valence-electron chi connectivity index (χ0n) is 10.7. The van der Waals surface area contributed by atoms with Crippen LogP contribution in [-0.4, -0.2) is 11.7 Å². The predicted octanol–water partition coefficient (Wildman–Crippen LogP) is 2.77. The van der Waals surface area contributed by atoms with Crippen LogP contribution in [0.3, 0.4) is 0 Å². The lowest BCUT2D eigenvalue weighted by molar-refractivity contribution is -0.115. The van der Waals surface area contributed by atoms with Crippen LogP contribution >= 0.6 is 0 Å². The van der Waals surface area contributed by atoms with Crippen molar-refractivity contribution in [3.05, 3.63) is 65.7 Å². The Morgan fingerprint density at radius 1 is 1.00 bits per heavy atom. The molecule has 0 aliphatic carbocycles. The number of hydrogen-bond acceptors (Lipinski definition) is 3. The van der Waals surface area contributed by atoms with E-state index >= 15 is 0 Å². The highest BCUT2D eigenvalue weighted by atomic mass is 16.2. The molecule has 0 heterocycles. The molecule has 0 atom stereocenters. The molecule has 0 saturated carbocycles. The van der Waals surface area contributed by atoms with Crippen LogP contribution in [0.4, 0.5) is 5.69 Å². The summed E-state index contributed by atoms with van der Waals surface area (Å²) in [5.74, 6) is -0.597. The number of benzene rings is 2. The number of hydrogen-bond donors (Lipinski definition) is 1. The van der Waals surface area contributed by atoms with Gasteiger partial charge in [-0.1, -0.05) is 30.3 Å². The van der Waals surface area contributed by atoms with Gasteiger partial charge in [-0.3, -0.25) is 9.59 Å². The van der Waals surface area contributed by atoms with Gasteiger partial charge >= 0.3 is 0 Å². The number of carbonyl (C=O) groups excluding carboxylic acids is 2. The Labute approximate surface area is 116 Å². The number of anilines is 1. The summed E-state index contributed by atoms with van der Waals surface area (Å²) in [5, 5.41) is 11.3. The highest BCUT2D eigenvalue weighted by molar-refractivity contribution is 6.10.